The Labute approximate surface area is 85.7 Å². The molecule has 14 heavy (non-hydrogen) atoms. The van der Waals surface area contributed by atoms with Crippen LogP contribution in [0, 0.1) is 5.92 Å². The van der Waals surface area contributed by atoms with Crippen LogP contribution in [0.4, 0.5) is 0 Å². The first-order chi connectivity index (χ1) is 6.83. The SMILES string of the molecule is CN1CC2Cc3ccccc3C(C2)C1. The van der Waals surface area contributed by atoms with Gasteiger partial charge in [0.15, 0.2) is 0 Å². The van der Waals surface area contributed by atoms with Crippen molar-refractivity contribution in [1.82, 2.24) is 4.90 Å². The van der Waals surface area contributed by atoms with E-state index < -0.39 is 0 Å². The monoisotopic (exact) mass is 187 g/mol. The number of piperidine rings is 1. The van der Waals surface area contributed by atoms with Crippen LogP contribution in [0.2, 0.25) is 0 Å². The molecule has 0 spiro atoms. The largest absolute Gasteiger partial charge is 0.305 e. The van der Waals surface area contributed by atoms with Crippen LogP contribution in [0.15, 0.2) is 24.3 Å². The molecule has 2 unspecified atom stereocenters. The summed E-state index contributed by atoms with van der Waals surface area (Å²) in [6.45, 7) is 2.55. The second-order valence-corrected chi connectivity index (χ2v) is 4.92. The Balaban J connectivity index is 2.01. The van der Waals surface area contributed by atoms with Gasteiger partial charge in [0.05, 0.1) is 0 Å². The van der Waals surface area contributed by atoms with Gasteiger partial charge in [0.1, 0.15) is 0 Å². The van der Waals surface area contributed by atoms with Crippen molar-refractivity contribution in [2.24, 2.45) is 5.92 Å². The number of likely N-dealkylation sites (N-methyl/N-ethyl adjacent to an activating group) is 1. The number of nitrogens with zero attached hydrogens (tertiary/aromatic N) is 1. The first kappa shape index (κ1) is 8.49. The van der Waals surface area contributed by atoms with Crippen LogP contribution in [0.3, 0.4) is 0 Å². The lowest BCUT2D eigenvalue weighted by atomic mass is 9.74. The summed E-state index contributed by atoms with van der Waals surface area (Å²) in [5, 5.41) is 0. The van der Waals surface area contributed by atoms with Crippen LogP contribution in [0.25, 0.3) is 0 Å². The molecule has 74 valence electrons. The average molecular weight is 187 g/mol. The number of benzene rings is 1. The highest BCUT2D eigenvalue weighted by atomic mass is 15.1. The molecule has 0 radical (unpaired) electrons. The molecule has 1 fully saturated rings. The zero-order chi connectivity index (χ0) is 9.54. The maximum absolute atomic E-state index is 2.49. The predicted molar refractivity (Wildman–Crippen MR) is 58.5 cm³/mol. The van der Waals surface area contributed by atoms with Crippen LogP contribution in [0.1, 0.15) is 23.5 Å². The quantitative estimate of drug-likeness (QED) is 0.602. The van der Waals surface area contributed by atoms with E-state index in [0.29, 0.717) is 0 Å². The van der Waals surface area contributed by atoms with E-state index in [0.717, 1.165) is 11.8 Å². The van der Waals surface area contributed by atoms with Crippen LogP contribution in [-0.2, 0) is 6.42 Å². The average Bonchev–Trinajstić information content (AvgIpc) is 2.17. The van der Waals surface area contributed by atoms with Crippen LogP contribution in [-0.4, -0.2) is 25.0 Å². The maximum Gasteiger partial charge on any atom is 0.00475 e. The molecule has 1 heteroatoms. The molecule has 1 aromatic carbocycles. The molecule has 2 bridgehead atoms. The highest BCUT2D eigenvalue weighted by molar-refractivity contribution is 5.34. The van der Waals surface area contributed by atoms with Gasteiger partial charge in [-0.2, -0.15) is 0 Å². The minimum atomic E-state index is 0.809. The summed E-state index contributed by atoms with van der Waals surface area (Å²) in [7, 11) is 2.26. The lowest BCUT2D eigenvalue weighted by Gasteiger charge is -2.40. The normalized spacial score (nSPS) is 31.2. The summed E-state index contributed by atoms with van der Waals surface area (Å²) in [5.74, 6) is 1.72. The van der Waals surface area contributed by atoms with Crippen molar-refractivity contribution in [3.8, 4) is 0 Å². The smallest absolute Gasteiger partial charge is 0.00475 e. The minimum absolute atomic E-state index is 0.809. The summed E-state index contributed by atoms with van der Waals surface area (Å²) in [6, 6.07) is 9.02. The van der Waals surface area contributed by atoms with Gasteiger partial charge in [-0.25, -0.2) is 0 Å². The standard InChI is InChI=1S/C13H17N/c1-14-8-10-6-11-4-2-3-5-13(11)12(7-10)9-14/h2-5,10,12H,6-9H2,1H3. The highest BCUT2D eigenvalue weighted by Crippen LogP contribution is 2.38. The third-order valence-electron chi connectivity index (χ3n) is 3.72. The van der Waals surface area contributed by atoms with Gasteiger partial charge < -0.3 is 4.90 Å². The zero-order valence-corrected chi connectivity index (χ0v) is 8.74. The van der Waals surface area contributed by atoms with E-state index in [1.807, 2.05) is 0 Å². The van der Waals surface area contributed by atoms with Crippen molar-refractivity contribution in [3.63, 3.8) is 0 Å². The minimum Gasteiger partial charge on any atom is -0.305 e. The van der Waals surface area contributed by atoms with E-state index in [2.05, 4.69) is 36.2 Å². The summed E-state index contributed by atoms with van der Waals surface area (Å²) in [5.41, 5.74) is 3.23. The Morgan fingerprint density at radius 2 is 2.07 bits per heavy atom. The molecule has 1 nitrogen and oxygen atoms in total. The van der Waals surface area contributed by atoms with E-state index in [1.165, 1.54) is 25.9 Å². The number of hydrogen-bond donors (Lipinski definition) is 0. The lowest BCUT2D eigenvalue weighted by Crippen LogP contribution is -2.40. The highest BCUT2D eigenvalue weighted by Gasteiger charge is 2.31. The molecule has 0 N–H and O–H groups in total. The fraction of sp³-hybridized carbons (Fsp3) is 0.538. The first-order valence-corrected chi connectivity index (χ1v) is 5.59. The Morgan fingerprint density at radius 1 is 1.21 bits per heavy atom. The van der Waals surface area contributed by atoms with Gasteiger partial charge in [0, 0.05) is 13.1 Å². The van der Waals surface area contributed by atoms with Crippen LogP contribution >= 0.6 is 0 Å². The van der Waals surface area contributed by atoms with Crippen LogP contribution < -0.4 is 0 Å². The molecule has 0 saturated carbocycles. The molecular formula is C13H17N. The summed E-state index contributed by atoms with van der Waals surface area (Å²) in [6.07, 6.45) is 2.72. The molecule has 0 aromatic heterocycles. The number of fused-ring (bicyclic) bond motifs is 4. The Morgan fingerprint density at radius 3 is 3.00 bits per heavy atom. The first-order valence-electron chi connectivity index (χ1n) is 5.59. The molecule has 0 amide bonds. The van der Waals surface area contributed by atoms with Crippen molar-refractivity contribution < 1.29 is 0 Å². The van der Waals surface area contributed by atoms with Crippen molar-refractivity contribution >= 4 is 0 Å². The molecule has 1 aromatic rings. The second kappa shape index (κ2) is 3.09. The van der Waals surface area contributed by atoms with Crippen molar-refractivity contribution in [1.29, 1.82) is 0 Å². The van der Waals surface area contributed by atoms with E-state index in [9.17, 15) is 0 Å². The van der Waals surface area contributed by atoms with E-state index in [4.69, 9.17) is 0 Å². The Hall–Kier alpha value is -0.820. The third-order valence-corrected chi connectivity index (χ3v) is 3.72. The van der Waals surface area contributed by atoms with Crippen molar-refractivity contribution in [3.05, 3.63) is 35.4 Å². The molecule has 1 aliphatic heterocycles. The Kier molecular flexibility index (Phi) is 1.88. The van der Waals surface area contributed by atoms with Gasteiger partial charge in [0.25, 0.3) is 0 Å². The van der Waals surface area contributed by atoms with Gasteiger partial charge >= 0.3 is 0 Å². The second-order valence-electron chi connectivity index (χ2n) is 4.92. The summed E-state index contributed by atoms with van der Waals surface area (Å²) in [4.78, 5) is 2.49. The Bertz CT molecular complexity index is 345. The zero-order valence-electron chi connectivity index (χ0n) is 8.74. The molecule has 3 rings (SSSR count). The fourth-order valence-electron chi connectivity index (χ4n) is 3.25. The van der Waals surface area contributed by atoms with E-state index in [1.54, 1.807) is 11.1 Å². The summed E-state index contributed by atoms with van der Waals surface area (Å²) >= 11 is 0. The predicted octanol–water partition coefficient (Wildman–Crippen LogP) is 2.28. The van der Waals surface area contributed by atoms with Crippen LogP contribution in [0.5, 0.6) is 0 Å². The van der Waals surface area contributed by atoms with Gasteiger partial charge in [-0.05, 0) is 42.9 Å². The third kappa shape index (κ3) is 1.27. The van der Waals surface area contributed by atoms with E-state index >= 15 is 0 Å². The fourth-order valence-corrected chi connectivity index (χ4v) is 3.25. The molecule has 1 aliphatic carbocycles. The number of hydrogen-bond acceptors (Lipinski definition) is 1. The topological polar surface area (TPSA) is 3.24 Å². The molecule has 1 saturated heterocycles. The summed E-state index contributed by atoms with van der Waals surface area (Å²) < 4.78 is 0. The van der Waals surface area contributed by atoms with Crippen molar-refractivity contribution in [2.75, 3.05) is 20.1 Å². The van der Waals surface area contributed by atoms with E-state index in [-0.39, 0.29) is 0 Å². The van der Waals surface area contributed by atoms with Gasteiger partial charge in [-0.15, -0.1) is 0 Å². The number of likely N-dealkylation sites (tertiary alicyclic amines) is 1. The molecule has 2 aliphatic rings. The number of rotatable bonds is 0. The van der Waals surface area contributed by atoms with Gasteiger partial charge in [-0.3, -0.25) is 0 Å². The van der Waals surface area contributed by atoms with Gasteiger partial charge in [0.2, 0.25) is 0 Å². The maximum atomic E-state index is 2.49. The van der Waals surface area contributed by atoms with Crippen molar-refractivity contribution in [2.45, 2.75) is 18.8 Å². The lowest BCUT2D eigenvalue weighted by molar-refractivity contribution is 0.175. The molecule has 2 atom stereocenters. The molecule has 1 heterocycles. The molecular weight excluding hydrogens is 170 g/mol. The van der Waals surface area contributed by atoms with Gasteiger partial charge in [-0.1, -0.05) is 24.3 Å².